The summed E-state index contributed by atoms with van der Waals surface area (Å²) in [5.41, 5.74) is -6.82. The molecule has 2 bridgehead atoms. The molecule has 1 aromatic heterocycles. The minimum Gasteiger partial charge on any atom is -0.467 e. The first-order chi connectivity index (χ1) is 28.9. The minimum atomic E-state index is -2.33. The lowest BCUT2D eigenvalue weighted by atomic mass is 9.45. The van der Waals surface area contributed by atoms with Gasteiger partial charge in [0, 0.05) is 31.2 Å². The van der Waals surface area contributed by atoms with Gasteiger partial charge < -0.3 is 48.4 Å². The van der Waals surface area contributed by atoms with E-state index in [9.17, 15) is 34.2 Å². The Morgan fingerprint density at radius 2 is 1.51 bits per heavy atom. The molecule has 2 aromatic carbocycles. The molecule has 3 aliphatic carbocycles. The molecule has 0 radical (unpaired) electrons. The third-order valence-corrected chi connectivity index (χ3v) is 13.4. The van der Waals surface area contributed by atoms with Crippen molar-refractivity contribution < 1.29 is 71.8 Å². The Hall–Kier alpha value is -5.68. The van der Waals surface area contributed by atoms with Crippen LogP contribution in [0.2, 0.25) is 0 Å². The maximum absolute atomic E-state index is 15.6. The zero-order valence-electron chi connectivity index (χ0n) is 34.3. The van der Waals surface area contributed by atoms with Crippen LogP contribution in [-0.2, 0) is 47.6 Å². The molecule has 8 rings (SSSR count). The smallest absolute Gasteiger partial charge is 0.338 e. The number of rotatable bonds is 10. The number of carbonyl (C=O) groups excluding carboxylic acids is 6. The van der Waals surface area contributed by atoms with Crippen LogP contribution in [0.5, 0.6) is 0 Å². The highest BCUT2D eigenvalue weighted by Crippen LogP contribution is 2.68. The third kappa shape index (κ3) is 6.58. The van der Waals surface area contributed by atoms with Crippen molar-refractivity contribution in [1.29, 1.82) is 0 Å². The Bertz CT molecular complexity index is 2290. The summed E-state index contributed by atoms with van der Waals surface area (Å²) in [5.74, 6) is -6.44. The number of esters is 4. The van der Waals surface area contributed by atoms with Gasteiger partial charge in [-0.25, -0.2) is 9.59 Å². The fourth-order valence-electron chi connectivity index (χ4n) is 10.3. The molecule has 61 heavy (non-hydrogen) atoms. The van der Waals surface area contributed by atoms with Crippen LogP contribution in [0.3, 0.4) is 0 Å². The van der Waals surface area contributed by atoms with Gasteiger partial charge in [-0.3, -0.25) is 19.2 Å². The molecule has 3 aromatic rings. The van der Waals surface area contributed by atoms with Gasteiger partial charge in [0.2, 0.25) is 0 Å². The molecular weight excluding hydrogens is 794 g/mol. The van der Waals surface area contributed by atoms with Crippen LogP contribution >= 0.6 is 0 Å². The molecular formula is C45H47NO15. The van der Waals surface area contributed by atoms with Gasteiger partial charge in [-0.2, -0.15) is 0 Å². The van der Waals surface area contributed by atoms with Crippen molar-refractivity contribution in [2.45, 2.75) is 108 Å². The molecule has 3 heterocycles. The predicted molar refractivity (Wildman–Crippen MR) is 208 cm³/mol. The van der Waals surface area contributed by atoms with Crippen molar-refractivity contribution in [2.75, 3.05) is 6.61 Å². The Balaban J connectivity index is 1.27. The van der Waals surface area contributed by atoms with E-state index in [1.54, 1.807) is 76.2 Å². The number of amides is 1. The van der Waals surface area contributed by atoms with Crippen molar-refractivity contribution in [3.63, 3.8) is 0 Å². The molecule has 2 saturated heterocycles. The Morgan fingerprint density at radius 3 is 2.08 bits per heavy atom. The van der Waals surface area contributed by atoms with Gasteiger partial charge >= 0.3 is 23.9 Å². The fourth-order valence-corrected chi connectivity index (χ4v) is 10.3. The van der Waals surface area contributed by atoms with Crippen molar-refractivity contribution >= 4 is 35.6 Å². The Kier molecular flexibility index (Phi) is 10.4. The average Bonchev–Trinajstić information content (AvgIpc) is 3.80. The second kappa shape index (κ2) is 15.0. The highest BCUT2D eigenvalue weighted by Gasteiger charge is 2.84. The molecule has 0 spiro atoms. The van der Waals surface area contributed by atoms with Crippen LogP contribution in [0.15, 0.2) is 94.6 Å². The largest absolute Gasteiger partial charge is 0.467 e. The zero-order chi connectivity index (χ0) is 43.8. The summed E-state index contributed by atoms with van der Waals surface area (Å²) in [5, 5.41) is 28.0. The molecule has 2 aliphatic heterocycles. The van der Waals surface area contributed by atoms with E-state index in [0.717, 1.165) is 6.92 Å². The van der Waals surface area contributed by atoms with Crippen molar-refractivity contribution in [1.82, 2.24) is 5.32 Å². The first-order valence-electron chi connectivity index (χ1n) is 20.0. The minimum absolute atomic E-state index is 0.0241. The monoisotopic (exact) mass is 841 g/mol. The van der Waals surface area contributed by atoms with Crippen LogP contribution in [0.1, 0.15) is 80.5 Å². The topological polar surface area (TPSA) is 227 Å². The standard InChI is InChI=1S/C45H47NO15/c1-22-28(58-41(53)31(49)30(27-18-13-19-55-27)46-39(51)25-14-9-7-10-15-25)20-45(54)38(60-40(52)26-16-11-8-12-17-26)34-43(6,35(50)32(57-23(2)47)29(22)42(45,4)5)36-33(59-36)37-44(34,21-56-37)61-24(3)48/h7-19,28,30-34,36-38,49,54H,20-21H2,1-6H3,(H,46,51)/t28-,30-,31+,32+,33-,34-,36?,37+,38-,43+,44+,45+/m0/s1. The summed E-state index contributed by atoms with van der Waals surface area (Å²) < 4.78 is 42.2. The number of aliphatic hydroxyl groups is 2. The van der Waals surface area contributed by atoms with Gasteiger partial charge in [-0.05, 0) is 61.4 Å². The van der Waals surface area contributed by atoms with Crippen molar-refractivity contribution in [2.24, 2.45) is 16.7 Å². The van der Waals surface area contributed by atoms with Gasteiger partial charge in [0.15, 0.2) is 23.6 Å². The lowest BCUT2D eigenvalue weighted by Gasteiger charge is -2.65. The molecule has 5 aliphatic rings. The van der Waals surface area contributed by atoms with E-state index in [4.69, 9.17) is 32.8 Å². The van der Waals surface area contributed by atoms with Crippen LogP contribution in [0.4, 0.5) is 0 Å². The third-order valence-electron chi connectivity index (χ3n) is 13.4. The molecule has 1 unspecified atom stereocenters. The van der Waals surface area contributed by atoms with E-state index >= 15 is 4.79 Å². The second-order valence-corrected chi connectivity index (χ2v) is 17.2. The number of fused-ring (bicyclic) bond motifs is 8. The summed E-state index contributed by atoms with van der Waals surface area (Å²) in [6.45, 7) is 8.33. The molecule has 16 heteroatoms. The molecule has 4 fully saturated rings. The van der Waals surface area contributed by atoms with E-state index in [1.165, 1.54) is 37.5 Å². The highest BCUT2D eigenvalue weighted by atomic mass is 16.7. The van der Waals surface area contributed by atoms with E-state index in [1.807, 2.05) is 0 Å². The van der Waals surface area contributed by atoms with Crippen LogP contribution < -0.4 is 5.32 Å². The second-order valence-electron chi connectivity index (χ2n) is 17.2. The number of carbonyl (C=O) groups is 6. The van der Waals surface area contributed by atoms with E-state index in [2.05, 4.69) is 5.32 Å². The van der Waals surface area contributed by atoms with E-state index in [0.29, 0.717) is 0 Å². The van der Waals surface area contributed by atoms with Gasteiger partial charge in [-0.15, -0.1) is 0 Å². The quantitative estimate of drug-likeness (QED) is 0.115. The number of benzene rings is 2. The lowest BCUT2D eigenvalue weighted by Crippen LogP contribution is -2.81. The first-order valence-corrected chi connectivity index (χ1v) is 20.0. The molecule has 12 atom stereocenters. The molecule has 16 nitrogen and oxygen atoms in total. The summed E-state index contributed by atoms with van der Waals surface area (Å²) in [7, 11) is 0. The fraction of sp³-hybridized carbons (Fsp3) is 0.467. The number of Topliss-reactive ketones (excluding diaryl/α,β-unsaturated/α-hetero) is 1. The van der Waals surface area contributed by atoms with Gasteiger partial charge in [0.1, 0.15) is 41.8 Å². The number of furan rings is 1. The summed E-state index contributed by atoms with van der Waals surface area (Å²) in [4.78, 5) is 83.4. The predicted octanol–water partition coefficient (Wildman–Crippen LogP) is 3.35. The number of epoxide rings is 1. The first kappa shape index (κ1) is 42.0. The van der Waals surface area contributed by atoms with Crippen LogP contribution in [-0.4, -0.2) is 106 Å². The van der Waals surface area contributed by atoms with Crippen LogP contribution in [0.25, 0.3) is 0 Å². The lowest BCUT2D eigenvalue weighted by molar-refractivity contribution is -0.325. The summed E-state index contributed by atoms with van der Waals surface area (Å²) in [6, 6.07) is 17.5. The molecule has 1 amide bonds. The molecule has 3 N–H and O–H groups in total. The Labute approximate surface area is 350 Å². The van der Waals surface area contributed by atoms with E-state index < -0.39 is 119 Å². The number of hydrogen-bond donors (Lipinski definition) is 3. The number of ketones is 1. The number of ether oxygens (including phenoxy) is 6. The van der Waals surface area contributed by atoms with Crippen LogP contribution in [0, 0.1) is 16.7 Å². The SMILES string of the molecule is CC(=O)O[C@H]1C(=O)[C@]2(C)C3O[C@@H]3[C@H]3OC[C@@]3(OC(C)=O)[C@H]2[C@H](OC(=O)c2ccccc2)[C@]2(O)C[C@H](OC(=O)[C@H](O)[C@@H](NC(=O)c3ccccc3)c3ccco3)C(C)=C1C2(C)C. The maximum Gasteiger partial charge on any atom is 0.338 e. The Morgan fingerprint density at radius 1 is 0.852 bits per heavy atom. The maximum atomic E-state index is 15.6. The van der Waals surface area contributed by atoms with Gasteiger partial charge in [-0.1, -0.05) is 50.2 Å². The van der Waals surface area contributed by atoms with Gasteiger partial charge in [0.25, 0.3) is 5.91 Å². The molecule has 2 saturated carbocycles. The van der Waals surface area contributed by atoms with E-state index in [-0.39, 0.29) is 34.6 Å². The number of nitrogens with one attached hydrogen (secondary N) is 1. The van der Waals surface area contributed by atoms with Gasteiger partial charge in [0.05, 0.1) is 35.9 Å². The highest BCUT2D eigenvalue weighted by molar-refractivity contribution is 5.96. The average molecular weight is 842 g/mol. The summed E-state index contributed by atoms with van der Waals surface area (Å²) >= 11 is 0. The normalized spacial score (nSPS) is 34.0. The summed E-state index contributed by atoms with van der Waals surface area (Å²) in [6.07, 6.45) is -8.80. The molecule has 322 valence electrons. The van der Waals surface area contributed by atoms with Crippen molar-refractivity contribution in [3.05, 3.63) is 107 Å². The van der Waals surface area contributed by atoms with Crippen molar-refractivity contribution in [3.8, 4) is 0 Å². The zero-order valence-corrected chi connectivity index (χ0v) is 34.3. The number of hydrogen-bond acceptors (Lipinski definition) is 15. The number of aliphatic hydroxyl groups excluding tert-OH is 1.